The third-order valence-electron chi connectivity index (χ3n) is 3.72. The Morgan fingerprint density at radius 1 is 1.12 bits per heavy atom. The number of hydrogen-bond donors (Lipinski definition) is 2. The summed E-state index contributed by atoms with van der Waals surface area (Å²) in [5, 5.41) is 20.1. The van der Waals surface area contributed by atoms with Gasteiger partial charge in [0.05, 0.1) is 12.1 Å². The average Bonchev–Trinajstić information content (AvgIpc) is 3.04. The smallest absolute Gasteiger partial charge is 0.335 e. The number of aromatic carboxylic acids is 1. The largest absolute Gasteiger partial charge is 0.478 e. The predicted octanol–water partition coefficient (Wildman–Crippen LogP) is 3.13. The van der Waals surface area contributed by atoms with Crippen molar-refractivity contribution in [2.75, 3.05) is 7.05 Å². The standard InChI is InChI=1S/C18H17N3O3/c1-11-3-4-14(18(22)23)9-15(11)12-5-7-13(8-6-12)17-21-20-16(24-17)10-19-2/h3-9,19H,10H2,1-2H3,(H,22,23). The summed E-state index contributed by atoms with van der Waals surface area (Å²) in [5.41, 5.74) is 3.94. The molecule has 2 aromatic carbocycles. The van der Waals surface area contributed by atoms with Crippen molar-refractivity contribution in [2.45, 2.75) is 13.5 Å². The molecule has 24 heavy (non-hydrogen) atoms. The van der Waals surface area contributed by atoms with E-state index in [-0.39, 0.29) is 5.56 Å². The van der Waals surface area contributed by atoms with Gasteiger partial charge in [-0.2, -0.15) is 0 Å². The van der Waals surface area contributed by atoms with E-state index < -0.39 is 5.97 Å². The molecule has 1 heterocycles. The summed E-state index contributed by atoms with van der Waals surface area (Å²) >= 11 is 0. The highest BCUT2D eigenvalue weighted by Gasteiger charge is 2.10. The van der Waals surface area contributed by atoms with Crippen LogP contribution in [0.5, 0.6) is 0 Å². The van der Waals surface area contributed by atoms with Gasteiger partial charge in [0.2, 0.25) is 11.8 Å². The van der Waals surface area contributed by atoms with Crippen LogP contribution < -0.4 is 5.32 Å². The maximum Gasteiger partial charge on any atom is 0.335 e. The van der Waals surface area contributed by atoms with E-state index in [4.69, 9.17) is 9.52 Å². The van der Waals surface area contributed by atoms with Crippen LogP contribution in [0.3, 0.4) is 0 Å². The van der Waals surface area contributed by atoms with Gasteiger partial charge < -0.3 is 14.8 Å². The second-order valence-corrected chi connectivity index (χ2v) is 5.44. The summed E-state index contributed by atoms with van der Waals surface area (Å²) in [7, 11) is 1.81. The molecule has 0 aliphatic carbocycles. The first-order chi connectivity index (χ1) is 11.6. The zero-order valence-electron chi connectivity index (χ0n) is 13.4. The van der Waals surface area contributed by atoms with Crippen molar-refractivity contribution >= 4 is 5.97 Å². The lowest BCUT2D eigenvalue weighted by molar-refractivity contribution is 0.0697. The van der Waals surface area contributed by atoms with E-state index in [1.807, 2.05) is 44.3 Å². The fraction of sp³-hybridized carbons (Fsp3) is 0.167. The number of nitrogens with zero attached hydrogens (tertiary/aromatic N) is 2. The normalized spacial score (nSPS) is 10.8. The van der Waals surface area contributed by atoms with Crippen LogP contribution in [-0.4, -0.2) is 28.3 Å². The number of carboxylic acids is 1. The summed E-state index contributed by atoms with van der Waals surface area (Å²) in [6.07, 6.45) is 0. The molecule has 0 unspecified atom stereocenters. The molecule has 0 saturated heterocycles. The molecule has 0 bridgehead atoms. The van der Waals surface area contributed by atoms with E-state index in [9.17, 15) is 4.79 Å². The van der Waals surface area contributed by atoms with Crippen LogP contribution >= 0.6 is 0 Å². The maximum atomic E-state index is 11.2. The quantitative estimate of drug-likeness (QED) is 0.750. The van der Waals surface area contributed by atoms with Crippen molar-refractivity contribution < 1.29 is 14.3 Å². The van der Waals surface area contributed by atoms with Crippen molar-refractivity contribution in [3.05, 3.63) is 59.5 Å². The molecule has 0 aliphatic heterocycles. The molecule has 3 aromatic rings. The Morgan fingerprint density at radius 2 is 1.83 bits per heavy atom. The predicted molar refractivity (Wildman–Crippen MR) is 89.6 cm³/mol. The van der Waals surface area contributed by atoms with Gasteiger partial charge in [-0.15, -0.1) is 10.2 Å². The number of benzene rings is 2. The molecule has 3 rings (SSSR count). The topological polar surface area (TPSA) is 88.2 Å². The Hall–Kier alpha value is -2.99. The molecule has 0 saturated carbocycles. The van der Waals surface area contributed by atoms with Gasteiger partial charge in [0.1, 0.15) is 0 Å². The first-order valence-corrected chi connectivity index (χ1v) is 7.50. The van der Waals surface area contributed by atoms with Gasteiger partial charge >= 0.3 is 5.97 Å². The number of aromatic nitrogens is 2. The third-order valence-corrected chi connectivity index (χ3v) is 3.72. The van der Waals surface area contributed by atoms with Gasteiger partial charge in [-0.25, -0.2) is 4.79 Å². The van der Waals surface area contributed by atoms with Gasteiger partial charge in [-0.1, -0.05) is 18.2 Å². The lowest BCUT2D eigenvalue weighted by Gasteiger charge is -2.08. The van der Waals surface area contributed by atoms with Crippen molar-refractivity contribution in [1.82, 2.24) is 15.5 Å². The van der Waals surface area contributed by atoms with E-state index in [2.05, 4.69) is 15.5 Å². The minimum atomic E-state index is -0.934. The van der Waals surface area contributed by atoms with Crippen molar-refractivity contribution in [3.63, 3.8) is 0 Å². The number of nitrogens with one attached hydrogen (secondary N) is 1. The number of carbonyl (C=O) groups is 1. The highest BCUT2D eigenvalue weighted by atomic mass is 16.4. The fourth-order valence-electron chi connectivity index (χ4n) is 2.45. The average molecular weight is 323 g/mol. The number of carboxylic acid groups (broad SMARTS) is 1. The molecule has 0 aliphatic rings. The Labute approximate surface area is 139 Å². The monoisotopic (exact) mass is 323 g/mol. The second kappa shape index (κ2) is 6.64. The van der Waals surface area contributed by atoms with Crippen LogP contribution in [-0.2, 0) is 6.54 Å². The lowest BCUT2D eigenvalue weighted by Crippen LogP contribution is -2.04. The van der Waals surface area contributed by atoms with Crippen LogP contribution in [0.4, 0.5) is 0 Å². The Morgan fingerprint density at radius 3 is 2.50 bits per heavy atom. The molecule has 0 radical (unpaired) electrons. The number of hydrogen-bond acceptors (Lipinski definition) is 5. The molecule has 122 valence electrons. The third kappa shape index (κ3) is 3.18. The first kappa shape index (κ1) is 15.9. The fourth-order valence-corrected chi connectivity index (χ4v) is 2.45. The summed E-state index contributed by atoms with van der Waals surface area (Å²) in [6, 6.07) is 12.7. The van der Waals surface area contributed by atoms with Gasteiger partial charge in [-0.05, 0) is 54.9 Å². The number of aryl methyl sites for hydroxylation is 1. The second-order valence-electron chi connectivity index (χ2n) is 5.44. The Balaban J connectivity index is 1.91. The molecule has 6 nitrogen and oxygen atoms in total. The maximum absolute atomic E-state index is 11.2. The van der Waals surface area contributed by atoms with Crippen LogP contribution in [0.15, 0.2) is 46.9 Å². The van der Waals surface area contributed by atoms with E-state index >= 15 is 0 Å². The molecule has 6 heteroatoms. The molecular formula is C18H17N3O3. The van der Waals surface area contributed by atoms with Crippen molar-refractivity contribution in [2.24, 2.45) is 0 Å². The molecule has 0 fully saturated rings. The van der Waals surface area contributed by atoms with Crippen LogP contribution in [0, 0.1) is 6.92 Å². The molecule has 0 amide bonds. The van der Waals surface area contributed by atoms with Crippen LogP contribution in [0.25, 0.3) is 22.6 Å². The Bertz CT molecular complexity index is 869. The van der Waals surface area contributed by atoms with E-state index in [0.717, 1.165) is 22.3 Å². The minimum Gasteiger partial charge on any atom is -0.478 e. The molecular weight excluding hydrogens is 306 g/mol. The SMILES string of the molecule is CNCc1nnc(-c2ccc(-c3cc(C(=O)O)ccc3C)cc2)o1. The van der Waals surface area contributed by atoms with Crippen LogP contribution in [0.2, 0.25) is 0 Å². The van der Waals surface area contributed by atoms with Crippen molar-refractivity contribution in [1.29, 1.82) is 0 Å². The highest BCUT2D eigenvalue weighted by Crippen LogP contribution is 2.27. The van der Waals surface area contributed by atoms with Gasteiger partial charge in [0.25, 0.3) is 0 Å². The Kier molecular flexibility index (Phi) is 4.39. The summed E-state index contributed by atoms with van der Waals surface area (Å²) in [5.74, 6) is 0.0557. The zero-order chi connectivity index (χ0) is 17.1. The highest BCUT2D eigenvalue weighted by molar-refractivity contribution is 5.90. The molecule has 0 atom stereocenters. The van der Waals surface area contributed by atoms with Crippen molar-refractivity contribution in [3.8, 4) is 22.6 Å². The van der Waals surface area contributed by atoms with Gasteiger partial charge in [0.15, 0.2) is 0 Å². The molecule has 2 N–H and O–H groups in total. The van der Waals surface area contributed by atoms with Gasteiger partial charge in [0, 0.05) is 5.56 Å². The lowest BCUT2D eigenvalue weighted by atomic mass is 9.97. The number of rotatable bonds is 5. The molecule has 0 spiro atoms. The van der Waals surface area contributed by atoms with E-state index in [1.165, 1.54) is 0 Å². The van der Waals surface area contributed by atoms with Gasteiger partial charge in [-0.3, -0.25) is 0 Å². The minimum absolute atomic E-state index is 0.272. The van der Waals surface area contributed by atoms with E-state index in [0.29, 0.717) is 18.3 Å². The summed E-state index contributed by atoms with van der Waals surface area (Å²) in [6.45, 7) is 2.48. The first-order valence-electron chi connectivity index (χ1n) is 7.50. The summed E-state index contributed by atoms with van der Waals surface area (Å²) in [4.78, 5) is 11.2. The summed E-state index contributed by atoms with van der Waals surface area (Å²) < 4.78 is 5.57. The zero-order valence-corrected chi connectivity index (χ0v) is 13.4. The van der Waals surface area contributed by atoms with Crippen LogP contribution in [0.1, 0.15) is 21.8 Å². The molecule has 1 aromatic heterocycles. The van der Waals surface area contributed by atoms with E-state index in [1.54, 1.807) is 12.1 Å².